The molecule has 162 valence electrons. The zero-order valence-electron chi connectivity index (χ0n) is 16.9. The van der Waals surface area contributed by atoms with Gasteiger partial charge in [-0.3, -0.25) is 14.6 Å². The highest BCUT2D eigenvalue weighted by molar-refractivity contribution is 6.30. The molecule has 1 aliphatic heterocycles. The average Bonchev–Trinajstić information content (AvgIpc) is 3.11. The number of carbonyl (C=O) groups is 2. The lowest BCUT2D eigenvalue weighted by molar-refractivity contribution is -0.132. The Balaban J connectivity index is 1.54. The number of halogens is 3. The lowest BCUT2D eigenvalue weighted by Crippen LogP contribution is -2.36. The molecule has 2 heterocycles. The topological polar surface area (TPSA) is 74.1 Å². The lowest BCUT2D eigenvalue weighted by atomic mass is 9.98. The zero-order chi connectivity index (χ0) is 22.9. The molecule has 32 heavy (non-hydrogen) atoms. The van der Waals surface area contributed by atoms with E-state index in [1.807, 2.05) is 30.3 Å². The Kier molecular flexibility index (Phi) is 5.90. The van der Waals surface area contributed by atoms with Gasteiger partial charge in [0, 0.05) is 41.4 Å². The molecule has 1 amide bonds. The number of aromatic nitrogens is 1. The van der Waals surface area contributed by atoms with E-state index in [0.717, 1.165) is 16.0 Å². The molecule has 3 aromatic rings. The second-order valence-corrected chi connectivity index (χ2v) is 8.18. The Labute approximate surface area is 188 Å². The molecular formula is C24H18ClF2N3O2. The first-order valence-electron chi connectivity index (χ1n) is 10.0. The molecule has 0 aliphatic carbocycles. The monoisotopic (exact) mass is 453 g/mol. The van der Waals surface area contributed by atoms with Gasteiger partial charge >= 0.3 is 0 Å². The number of rotatable bonds is 5. The van der Waals surface area contributed by atoms with Gasteiger partial charge in [0.25, 0.3) is 5.92 Å². The minimum Gasteiger partial charge on any atom is -0.320 e. The summed E-state index contributed by atoms with van der Waals surface area (Å²) in [6, 6.07) is 15.0. The first-order chi connectivity index (χ1) is 15.3. The molecule has 1 aliphatic rings. The van der Waals surface area contributed by atoms with Crippen molar-refractivity contribution in [3.63, 3.8) is 0 Å². The maximum absolute atomic E-state index is 13.6. The molecule has 1 fully saturated rings. The van der Waals surface area contributed by atoms with Crippen molar-refractivity contribution in [2.75, 3.05) is 6.54 Å². The largest absolute Gasteiger partial charge is 0.320 e. The zero-order valence-corrected chi connectivity index (χ0v) is 17.6. The van der Waals surface area contributed by atoms with Gasteiger partial charge in [-0.1, -0.05) is 29.8 Å². The van der Waals surface area contributed by atoms with E-state index >= 15 is 0 Å². The van der Waals surface area contributed by atoms with Crippen LogP contribution < -0.4 is 0 Å². The van der Waals surface area contributed by atoms with Crippen molar-refractivity contribution in [3.05, 3.63) is 65.3 Å². The molecule has 5 nitrogen and oxygen atoms in total. The third-order valence-electron chi connectivity index (χ3n) is 5.52. The molecule has 1 aromatic heterocycles. The summed E-state index contributed by atoms with van der Waals surface area (Å²) in [5, 5.41) is 10.3. The number of benzene rings is 2. The molecule has 0 unspecified atom stereocenters. The Morgan fingerprint density at radius 3 is 2.56 bits per heavy atom. The molecule has 1 saturated heterocycles. The van der Waals surface area contributed by atoms with Crippen LogP contribution in [0, 0.1) is 11.3 Å². The summed E-state index contributed by atoms with van der Waals surface area (Å²) in [4.78, 5) is 30.5. The van der Waals surface area contributed by atoms with Crippen LogP contribution in [0.15, 0.2) is 54.7 Å². The van der Waals surface area contributed by atoms with Crippen LogP contribution in [0.25, 0.3) is 22.0 Å². The van der Waals surface area contributed by atoms with Gasteiger partial charge < -0.3 is 4.90 Å². The number of ketones is 1. The van der Waals surface area contributed by atoms with E-state index in [-0.39, 0.29) is 18.6 Å². The summed E-state index contributed by atoms with van der Waals surface area (Å²) in [7, 11) is 0. The predicted molar refractivity (Wildman–Crippen MR) is 116 cm³/mol. The Hall–Kier alpha value is -3.37. The number of hydrogen-bond donors (Lipinski definition) is 0. The highest BCUT2D eigenvalue weighted by Crippen LogP contribution is 2.32. The van der Waals surface area contributed by atoms with Gasteiger partial charge in [-0.2, -0.15) is 5.26 Å². The van der Waals surface area contributed by atoms with Crippen LogP contribution in [0.4, 0.5) is 8.78 Å². The smallest absolute Gasteiger partial charge is 0.268 e. The van der Waals surface area contributed by atoms with E-state index in [4.69, 9.17) is 16.9 Å². The van der Waals surface area contributed by atoms with Crippen LogP contribution >= 0.6 is 11.6 Å². The van der Waals surface area contributed by atoms with Crippen molar-refractivity contribution in [2.45, 2.75) is 31.2 Å². The van der Waals surface area contributed by atoms with Crippen LogP contribution in [0.3, 0.4) is 0 Å². The fraction of sp³-hybridized carbons (Fsp3) is 0.250. The quantitative estimate of drug-likeness (QED) is 0.493. The van der Waals surface area contributed by atoms with Crippen molar-refractivity contribution >= 4 is 34.2 Å². The number of pyridine rings is 1. The Morgan fingerprint density at radius 1 is 1.12 bits per heavy atom. The number of Topliss-reactive ketones (excluding diaryl/α,β-unsaturated/α-hetero) is 1. The highest BCUT2D eigenvalue weighted by atomic mass is 35.5. The maximum Gasteiger partial charge on any atom is 0.268 e. The molecule has 0 spiro atoms. The number of alkyl halides is 2. The van der Waals surface area contributed by atoms with Crippen molar-refractivity contribution in [1.29, 1.82) is 5.26 Å². The van der Waals surface area contributed by atoms with E-state index < -0.39 is 30.8 Å². The van der Waals surface area contributed by atoms with Crippen LogP contribution in [-0.2, 0) is 4.79 Å². The molecule has 2 aromatic carbocycles. The van der Waals surface area contributed by atoms with Crippen molar-refractivity contribution in [1.82, 2.24) is 9.88 Å². The average molecular weight is 454 g/mol. The van der Waals surface area contributed by atoms with Crippen LogP contribution in [0.5, 0.6) is 0 Å². The second-order valence-electron chi connectivity index (χ2n) is 7.75. The van der Waals surface area contributed by atoms with Crippen molar-refractivity contribution < 1.29 is 18.4 Å². The number of fused-ring (bicyclic) bond motifs is 1. The summed E-state index contributed by atoms with van der Waals surface area (Å²) in [5.74, 6) is -4.00. The normalized spacial score (nSPS) is 17.3. The number of nitriles is 1. The molecule has 8 heteroatoms. The first-order valence-corrected chi connectivity index (χ1v) is 10.4. The Morgan fingerprint density at radius 2 is 1.84 bits per heavy atom. The van der Waals surface area contributed by atoms with E-state index in [1.165, 1.54) is 6.20 Å². The molecule has 1 atom stereocenters. The van der Waals surface area contributed by atoms with Gasteiger partial charge in [-0.15, -0.1) is 0 Å². The summed E-state index contributed by atoms with van der Waals surface area (Å²) < 4.78 is 27.2. The molecule has 0 N–H and O–H groups in total. The van der Waals surface area contributed by atoms with Crippen molar-refractivity contribution in [2.24, 2.45) is 0 Å². The number of hydrogen-bond acceptors (Lipinski definition) is 4. The van der Waals surface area contributed by atoms with E-state index in [2.05, 4.69) is 4.98 Å². The summed E-state index contributed by atoms with van der Waals surface area (Å²) in [5.41, 5.74) is 2.83. The van der Waals surface area contributed by atoms with Gasteiger partial charge in [-0.05, 0) is 41.5 Å². The molecule has 0 radical (unpaired) electrons. The standard InChI is InChI=1S/C24H18ClF2N3O2/c25-17-4-1-15(2-5-17)16-3-6-21-20(11-16)19(9-10-29-21)22(31)7-8-23(32)30-14-24(26,27)12-18(30)13-28/h1-6,9-11,18H,7-8,12,14H2/t18-/m0/s1. The highest BCUT2D eigenvalue weighted by Gasteiger charge is 2.47. The molecule has 4 rings (SSSR count). The van der Waals surface area contributed by atoms with Crippen LogP contribution in [-0.4, -0.2) is 40.1 Å². The van der Waals surface area contributed by atoms with Gasteiger partial charge in [-0.25, -0.2) is 8.78 Å². The number of carbonyl (C=O) groups excluding carboxylic acids is 2. The SMILES string of the molecule is N#C[C@@H]1CC(F)(F)CN1C(=O)CCC(=O)c1ccnc2ccc(-c3ccc(Cl)cc3)cc12. The molecule has 0 saturated carbocycles. The second kappa shape index (κ2) is 8.64. The van der Waals surface area contributed by atoms with E-state index in [1.54, 1.807) is 24.3 Å². The van der Waals surface area contributed by atoms with Crippen molar-refractivity contribution in [3.8, 4) is 17.2 Å². The first kappa shape index (κ1) is 21.8. The van der Waals surface area contributed by atoms with E-state index in [9.17, 15) is 18.4 Å². The number of amides is 1. The summed E-state index contributed by atoms with van der Waals surface area (Å²) in [6.07, 6.45) is 0.453. The summed E-state index contributed by atoms with van der Waals surface area (Å²) >= 11 is 5.96. The predicted octanol–water partition coefficient (Wildman–Crippen LogP) is 5.28. The number of likely N-dealkylation sites (tertiary alicyclic amines) is 1. The molecule has 0 bridgehead atoms. The fourth-order valence-electron chi connectivity index (χ4n) is 3.90. The van der Waals surface area contributed by atoms with E-state index in [0.29, 0.717) is 21.5 Å². The fourth-order valence-corrected chi connectivity index (χ4v) is 4.03. The minimum absolute atomic E-state index is 0.149. The van der Waals surface area contributed by atoms with Crippen LogP contribution in [0.2, 0.25) is 5.02 Å². The maximum atomic E-state index is 13.6. The van der Waals surface area contributed by atoms with Gasteiger partial charge in [0.2, 0.25) is 5.91 Å². The third-order valence-corrected chi connectivity index (χ3v) is 5.78. The lowest BCUT2D eigenvalue weighted by Gasteiger charge is -2.18. The third kappa shape index (κ3) is 4.46. The van der Waals surface area contributed by atoms with Gasteiger partial charge in [0.1, 0.15) is 6.04 Å². The minimum atomic E-state index is -3.08. The van der Waals surface area contributed by atoms with Gasteiger partial charge in [0.15, 0.2) is 5.78 Å². The Bertz CT molecular complexity index is 1240. The number of nitrogens with zero attached hydrogens (tertiary/aromatic N) is 3. The summed E-state index contributed by atoms with van der Waals surface area (Å²) in [6.45, 7) is -0.791. The van der Waals surface area contributed by atoms with Crippen LogP contribution in [0.1, 0.15) is 29.6 Å². The molecular weight excluding hydrogens is 436 g/mol. The van der Waals surface area contributed by atoms with Gasteiger partial charge in [0.05, 0.1) is 18.1 Å².